The van der Waals surface area contributed by atoms with Crippen LogP contribution in [0.15, 0.2) is 53.4 Å². The first-order valence-corrected chi connectivity index (χ1v) is 7.02. The fourth-order valence-electron chi connectivity index (χ4n) is 1.58. The number of benzene rings is 2. The van der Waals surface area contributed by atoms with Crippen LogP contribution >= 0.6 is 0 Å². The van der Waals surface area contributed by atoms with Gasteiger partial charge in [0.1, 0.15) is 5.75 Å². The zero-order valence-electron chi connectivity index (χ0n) is 10.3. The van der Waals surface area contributed by atoms with Gasteiger partial charge in [0.15, 0.2) is 0 Å². The monoisotopic (exact) mass is 278 g/mol. The molecule has 5 nitrogen and oxygen atoms in total. The Morgan fingerprint density at radius 3 is 2.53 bits per heavy atom. The van der Waals surface area contributed by atoms with Crippen LogP contribution in [0.25, 0.3) is 0 Å². The van der Waals surface area contributed by atoms with Crippen molar-refractivity contribution in [1.82, 2.24) is 0 Å². The molecule has 0 aliphatic rings. The molecule has 0 spiro atoms. The van der Waals surface area contributed by atoms with Gasteiger partial charge in [-0.3, -0.25) is 4.72 Å². The smallest absolute Gasteiger partial charge is 0.261 e. The van der Waals surface area contributed by atoms with E-state index < -0.39 is 10.0 Å². The van der Waals surface area contributed by atoms with E-state index in [1.54, 1.807) is 36.4 Å². The largest absolute Gasteiger partial charge is 0.497 e. The second-order valence-electron chi connectivity index (χ2n) is 3.91. The Bertz CT molecular complexity index is 684. The summed E-state index contributed by atoms with van der Waals surface area (Å²) in [5, 5.41) is 0. The highest BCUT2D eigenvalue weighted by atomic mass is 32.2. The number of sulfonamides is 1. The Morgan fingerprint density at radius 1 is 1.11 bits per heavy atom. The van der Waals surface area contributed by atoms with E-state index in [1.807, 2.05) is 0 Å². The molecule has 0 radical (unpaired) electrons. The van der Waals surface area contributed by atoms with E-state index >= 15 is 0 Å². The van der Waals surface area contributed by atoms with Crippen molar-refractivity contribution in [2.75, 3.05) is 17.6 Å². The molecule has 0 fully saturated rings. The fourth-order valence-corrected chi connectivity index (χ4v) is 2.69. The van der Waals surface area contributed by atoms with E-state index in [-0.39, 0.29) is 4.90 Å². The van der Waals surface area contributed by atoms with Crippen LogP contribution in [-0.2, 0) is 10.0 Å². The summed E-state index contributed by atoms with van der Waals surface area (Å²) in [5.74, 6) is 0.577. The van der Waals surface area contributed by atoms with Crippen LogP contribution in [0, 0.1) is 0 Å². The number of ether oxygens (including phenoxy) is 1. The van der Waals surface area contributed by atoms with Crippen LogP contribution in [0.2, 0.25) is 0 Å². The summed E-state index contributed by atoms with van der Waals surface area (Å²) in [5.41, 5.74) is 6.41. The van der Waals surface area contributed by atoms with Gasteiger partial charge in [0.05, 0.1) is 17.7 Å². The third kappa shape index (κ3) is 3.17. The molecule has 2 rings (SSSR count). The molecule has 0 aliphatic carbocycles. The summed E-state index contributed by atoms with van der Waals surface area (Å²) in [7, 11) is -2.13. The number of hydrogen-bond acceptors (Lipinski definition) is 4. The van der Waals surface area contributed by atoms with Gasteiger partial charge in [-0.15, -0.1) is 0 Å². The van der Waals surface area contributed by atoms with Gasteiger partial charge < -0.3 is 10.5 Å². The zero-order chi connectivity index (χ0) is 13.9. The molecule has 2 aromatic carbocycles. The minimum absolute atomic E-state index is 0.121. The molecule has 3 N–H and O–H groups in total. The summed E-state index contributed by atoms with van der Waals surface area (Å²) >= 11 is 0. The summed E-state index contributed by atoms with van der Waals surface area (Å²) in [6.45, 7) is 0. The summed E-state index contributed by atoms with van der Waals surface area (Å²) in [6.07, 6.45) is 0. The molecule has 0 aliphatic heterocycles. The summed E-state index contributed by atoms with van der Waals surface area (Å²) < 4.78 is 31.8. The van der Waals surface area contributed by atoms with Crippen LogP contribution in [0.1, 0.15) is 0 Å². The lowest BCUT2D eigenvalue weighted by atomic mass is 10.3. The molecule has 19 heavy (non-hydrogen) atoms. The van der Waals surface area contributed by atoms with Crippen molar-refractivity contribution < 1.29 is 13.2 Å². The molecule has 0 atom stereocenters. The lowest BCUT2D eigenvalue weighted by Gasteiger charge is -2.09. The maximum atomic E-state index is 12.1. The maximum absolute atomic E-state index is 12.1. The standard InChI is InChI=1S/C13H14N2O3S/c1-18-12-6-3-5-11(9-12)15-19(16,17)13-7-2-4-10(14)8-13/h2-9,15H,14H2,1H3. The van der Waals surface area contributed by atoms with Gasteiger partial charge in [-0.2, -0.15) is 0 Å². The quantitative estimate of drug-likeness (QED) is 0.839. The number of anilines is 2. The highest BCUT2D eigenvalue weighted by Gasteiger charge is 2.14. The van der Waals surface area contributed by atoms with Gasteiger partial charge in [-0.1, -0.05) is 12.1 Å². The number of nitrogens with one attached hydrogen (secondary N) is 1. The van der Waals surface area contributed by atoms with Gasteiger partial charge in [-0.05, 0) is 30.3 Å². The average molecular weight is 278 g/mol. The van der Waals surface area contributed by atoms with Crippen molar-refractivity contribution in [3.63, 3.8) is 0 Å². The fraction of sp³-hybridized carbons (Fsp3) is 0.0769. The summed E-state index contributed by atoms with van der Waals surface area (Å²) in [6, 6.07) is 12.8. The van der Waals surface area contributed by atoms with Gasteiger partial charge in [-0.25, -0.2) is 8.42 Å². The predicted molar refractivity (Wildman–Crippen MR) is 74.7 cm³/mol. The topological polar surface area (TPSA) is 81.4 Å². The molecule has 2 aromatic rings. The molecule has 100 valence electrons. The highest BCUT2D eigenvalue weighted by molar-refractivity contribution is 7.92. The van der Waals surface area contributed by atoms with Crippen molar-refractivity contribution in [3.8, 4) is 5.75 Å². The lowest BCUT2D eigenvalue weighted by Crippen LogP contribution is -2.13. The first kappa shape index (κ1) is 13.2. The molecular weight excluding hydrogens is 264 g/mol. The highest BCUT2D eigenvalue weighted by Crippen LogP contribution is 2.21. The van der Waals surface area contributed by atoms with Crippen LogP contribution in [-0.4, -0.2) is 15.5 Å². The van der Waals surface area contributed by atoms with Gasteiger partial charge in [0, 0.05) is 11.8 Å². The maximum Gasteiger partial charge on any atom is 0.261 e. The van der Waals surface area contributed by atoms with Crippen molar-refractivity contribution in [3.05, 3.63) is 48.5 Å². The number of nitrogen functional groups attached to an aromatic ring is 1. The predicted octanol–water partition coefficient (Wildman–Crippen LogP) is 2.08. The van der Waals surface area contributed by atoms with Crippen molar-refractivity contribution >= 4 is 21.4 Å². The van der Waals surface area contributed by atoms with Crippen molar-refractivity contribution in [1.29, 1.82) is 0 Å². The second-order valence-corrected chi connectivity index (χ2v) is 5.59. The Morgan fingerprint density at radius 2 is 1.84 bits per heavy atom. The Hall–Kier alpha value is -2.21. The Kier molecular flexibility index (Phi) is 3.62. The summed E-state index contributed by atoms with van der Waals surface area (Å²) in [4.78, 5) is 0.121. The molecule has 0 saturated carbocycles. The number of methoxy groups -OCH3 is 1. The Balaban J connectivity index is 2.31. The molecule has 6 heteroatoms. The van der Waals surface area contributed by atoms with Crippen LogP contribution in [0.3, 0.4) is 0 Å². The minimum Gasteiger partial charge on any atom is -0.497 e. The SMILES string of the molecule is COc1cccc(NS(=O)(=O)c2cccc(N)c2)c1. The lowest BCUT2D eigenvalue weighted by molar-refractivity contribution is 0.415. The number of nitrogens with two attached hydrogens (primary N) is 1. The number of rotatable bonds is 4. The average Bonchev–Trinajstić information content (AvgIpc) is 2.38. The van der Waals surface area contributed by atoms with E-state index in [0.717, 1.165) is 0 Å². The molecule has 0 unspecified atom stereocenters. The van der Waals surface area contributed by atoms with E-state index in [1.165, 1.54) is 19.2 Å². The van der Waals surface area contributed by atoms with E-state index in [9.17, 15) is 8.42 Å². The van der Waals surface area contributed by atoms with Crippen LogP contribution < -0.4 is 15.2 Å². The van der Waals surface area contributed by atoms with E-state index in [4.69, 9.17) is 10.5 Å². The molecule has 0 amide bonds. The second kappa shape index (κ2) is 5.19. The van der Waals surface area contributed by atoms with Gasteiger partial charge in [0.2, 0.25) is 0 Å². The van der Waals surface area contributed by atoms with E-state index in [2.05, 4.69) is 4.72 Å². The van der Waals surface area contributed by atoms with Crippen molar-refractivity contribution in [2.45, 2.75) is 4.90 Å². The zero-order valence-corrected chi connectivity index (χ0v) is 11.1. The normalized spacial score (nSPS) is 11.0. The minimum atomic E-state index is -3.65. The first-order valence-electron chi connectivity index (χ1n) is 5.54. The Labute approximate surface area is 112 Å². The molecule has 0 bridgehead atoms. The third-order valence-electron chi connectivity index (χ3n) is 2.49. The van der Waals surface area contributed by atoms with Crippen LogP contribution in [0.5, 0.6) is 5.75 Å². The first-order chi connectivity index (χ1) is 9.01. The van der Waals surface area contributed by atoms with E-state index in [0.29, 0.717) is 17.1 Å². The molecular formula is C13H14N2O3S. The van der Waals surface area contributed by atoms with Gasteiger partial charge >= 0.3 is 0 Å². The van der Waals surface area contributed by atoms with Crippen molar-refractivity contribution in [2.24, 2.45) is 0 Å². The van der Waals surface area contributed by atoms with Gasteiger partial charge in [0.25, 0.3) is 10.0 Å². The van der Waals surface area contributed by atoms with Crippen LogP contribution in [0.4, 0.5) is 11.4 Å². The molecule has 0 aromatic heterocycles. The molecule has 0 heterocycles. The number of hydrogen-bond donors (Lipinski definition) is 2. The molecule has 0 saturated heterocycles. The third-order valence-corrected chi connectivity index (χ3v) is 3.87.